The van der Waals surface area contributed by atoms with Crippen molar-refractivity contribution in [1.29, 1.82) is 0 Å². The van der Waals surface area contributed by atoms with Gasteiger partial charge in [0, 0.05) is 49.3 Å². The molecule has 1 amide bonds. The molecular weight excluding hydrogens is 459 g/mol. The second kappa shape index (κ2) is 8.11. The topological polar surface area (TPSA) is 83.8 Å². The summed E-state index contributed by atoms with van der Waals surface area (Å²) in [4.78, 5) is 24.5. The lowest BCUT2D eigenvalue weighted by atomic mass is 9.89. The molecule has 1 saturated heterocycles. The maximum Gasteiger partial charge on any atom is 0.254 e. The molecule has 0 saturated carbocycles. The van der Waals surface area contributed by atoms with Crippen molar-refractivity contribution in [3.05, 3.63) is 77.0 Å². The van der Waals surface area contributed by atoms with Gasteiger partial charge in [-0.3, -0.25) is 9.20 Å². The average molecular weight is 485 g/mol. The minimum Gasteiger partial charge on any atom is -0.380 e. The number of ether oxygens (including phenoxy) is 1. The molecule has 9 heteroatoms. The molecule has 36 heavy (non-hydrogen) atoms. The molecule has 1 aromatic carbocycles. The maximum absolute atomic E-state index is 13.7. The van der Waals surface area contributed by atoms with Crippen molar-refractivity contribution in [2.24, 2.45) is 5.92 Å². The number of hydrogen-bond acceptors (Lipinski definition) is 6. The van der Waals surface area contributed by atoms with E-state index in [1.54, 1.807) is 12.4 Å². The molecule has 2 N–H and O–H groups in total. The Morgan fingerprint density at radius 2 is 2.11 bits per heavy atom. The van der Waals surface area contributed by atoms with Crippen LogP contribution < -0.4 is 10.6 Å². The fraction of sp³-hybridized carbons (Fsp3) is 0.296. The Labute approximate surface area is 207 Å². The highest BCUT2D eigenvalue weighted by atomic mass is 19.1. The standard InChI is InChI=1S/C27H25FN6O2/c1-33-11-15-13-36-14-20(15)17-3-5-24(32-22(17)12-33)31-21-4-2-18(19-9-30-27(35)26(19)21)23-10-29-25-8-16(28)6-7-34(23)25/h2-8,10,15,20H,9,11-14H2,1H3,(H,30,35)(H,31,32). The van der Waals surface area contributed by atoms with Crippen LogP contribution in [0.1, 0.15) is 33.1 Å². The van der Waals surface area contributed by atoms with E-state index in [2.05, 4.69) is 33.6 Å². The fourth-order valence-corrected chi connectivity index (χ4v) is 5.87. The van der Waals surface area contributed by atoms with Gasteiger partial charge in [-0.1, -0.05) is 12.1 Å². The number of anilines is 2. The largest absolute Gasteiger partial charge is 0.380 e. The highest BCUT2D eigenvalue weighted by molar-refractivity contribution is 6.06. The summed E-state index contributed by atoms with van der Waals surface area (Å²) in [6, 6.07) is 10.8. The second-order valence-corrected chi connectivity index (χ2v) is 9.87. The van der Waals surface area contributed by atoms with Gasteiger partial charge in [0.2, 0.25) is 0 Å². The molecule has 8 nitrogen and oxygen atoms in total. The maximum atomic E-state index is 13.7. The number of pyridine rings is 2. The van der Waals surface area contributed by atoms with E-state index in [-0.39, 0.29) is 11.7 Å². The zero-order chi connectivity index (χ0) is 24.4. The molecule has 182 valence electrons. The molecule has 4 aromatic rings. The Bertz CT molecular complexity index is 1530. The quantitative estimate of drug-likeness (QED) is 0.462. The van der Waals surface area contributed by atoms with Gasteiger partial charge in [0.25, 0.3) is 5.91 Å². The Kier molecular flexibility index (Phi) is 4.83. The number of benzene rings is 1. The van der Waals surface area contributed by atoms with Gasteiger partial charge in [0.1, 0.15) is 17.3 Å². The molecule has 7 rings (SSSR count). The first-order valence-corrected chi connectivity index (χ1v) is 12.2. The first-order chi connectivity index (χ1) is 17.5. The predicted molar refractivity (Wildman–Crippen MR) is 133 cm³/mol. The predicted octanol–water partition coefficient (Wildman–Crippen LogP) is 3.70. The third kappa shape index (κ3) is 3.38. The summed E-state index contributed by atoms with van der Waals surface area (Å²) in [6.45, 7) is 3.73. The van der Waals surface area contributed by atoms with Crippen LogP contribution in [0.2, 0.25) is 0 Å². The van der Waals surface area contributed by atoms with E-state index < -0.39 is 0 Å². The van der Waals surface area contributed by atoms with Gasteiger partial charge in [-0.05, 0) is 36.4 Å². The molecule has 0 bridgehead atoms. The lowest BCUT2D eigenvalue weighted by molar-refractivity contribution is 0.0966. The lowest BCUT2D eigenvalue weighted by Gasteiger charge is -2.18. The SMILES string of the molecule is CN1Cc2nc(Nc3ccc(-c4cnc5cc(F)ccn45)c4c3C(=O)NC4)ccc2C2COCC2C1. The van der Waals surface area contributed by atoms with Crippen molar-refractivity contribution < 1.29 is 13.9 Å². The molecule has 1 fully saturated rings. The third-order valence-corrected chi connectivity index (χ3v) is 7.55. The highest BCUT2D eigenvalue weighted by Gasteiger charge is 2.35. The van der Waals surface area contributed by atoms with E-state index in [1.165, 1.54) is 17.7 Å². The third-order valence-electron chi connectivity index (χ3n) is 7.55. The van der Waals surface area contributed by atoms with Crippen LogP contribution in [-0.2, 0) is 17.8 Å². The Morgan fingerprint density at radius 3 is 3.03 bits per heavy atom. The number of halogens is 1. The van der Waals surface area contributed by atoms with Crippen molar-refractivity contribution in [2.75, 3.05) is 32.1 Å². The molecular formula is C27H25FN6O2. The highest BCUT2D eigenvalue weighted by Crippen LogP contribution is 2.38. The van der Waals surface area contributed by atoms with Crippen molar-refractivity contribution in [2.45, 2.75) is 19.0 Å². The van der Waals surface area contributed by atoms with Crippen molar-refractivity contribution >= 4 is 23.1 Å². The van der Waals surface area contributed by atoms with E-state index in [4.69, 9.17) is 9.72 Å². The Balaban J connectivity index is 1.27. The van der Waals surface area contributed by atoms with Gasteiger partial charge in [0.05, 0.1) is 42.0 Å². The molecule has 0 radical (unpaired) electrons. The molecule has 0 spiro atoms. The Hall–Kier alpha value is -3.82. The minimum absolute atomic E-state index is 0.130. The summed E-state index contributed by atoms with van der Waals surface area (Å²) in [5, 5.41) is 6.35. The van der Waals surface area contributed by atoms with Crippen molar-refractivity contribution in [3.8, 4) is 11.3 Å². The summed E-state index contributed by atoms with van der Waals surface area (Å²) in [6.07, 6.45) is 3.37. The summed E-state index contributed by atoms with van der Waals surface area (Å²) in [5.74, 6) is 1.11. The van der Waals surface area contributed by atoms with Crippen molar-refractivity contribution in [1.82, 2.24) is 24.6 Å². The van der Waals surface area contributed by atoms with Crippen LogP contribution in [0.5, 0.6) is 0 Å². The van der Waals surface area contributed by atoms with E-state index in [0.29, 0.717) is 41.1 Å². The number of carbonyl (C=O) groups is 1. The minimum atomic E-state index is -0.336. The zero-order valence-corrected chi connectivity index (χ0v) is 19.8. The fourth-order valence-electron chi connectivity index (χ4n) is 5.87. The first-order valence-electron chi connectivity index (χ1n) is 12.2. The number of hydrogen-bond donors (Lipinski definition) is 2. The smallest absolute Gasteiger partial charge is 0.254 e. The molecule has 2 atom stereocenters. The van der Waals surface area contributed by atoms with E-state index in [1.807, 2.05) is 22.6 Å². The zero-order valence-electron chi connectivity index (χ0n) is 19.8. The monoisotopic (exact) mass is 484 g/mol. The normalized spacial score (nSPS) is 21.1. The number of fused-ring (bicyclic) bond motifs is 5. The van der Waals surface area contributed by atoms with Crippen LogP contribution in [0.25, 0.3) is 16.9 Å². The van der Waals surface area contributed by atoms with Gasteiger partial charge >= 0.3 is 0 Å². The van der Waals surface area contributed by atoms with Gasteiger partial charge < -0.3 is 20.3 Å². The summed E-state index contributed by atoms with van der Waals surface area (Å²) >= 11 is 0. The number of imidazole rings is 1. The number of nitrogens with one attached hydrogen (secondary N) is 2. The van der Waals surface area contributed by atoms with Crippen LogP contribution in [0.4, 0.5) is 15.9 Å². The van der Waals surface area contributed by atoms with Crippen molar-refractivity contribution in [3.63, 3.8) is 0 Å². The van der Waals surface area contributed by atoms with E-state index >= 15 is 0 Å². The lowest BCUT2D eigenvalue weighted by Crippen LogP contribution is -2.25. The van der Waals surface area contributed by atoms with Crippen LogP contribution in [0, 0.1) is 11.7 Å². The van der Waals surface area contributed by atoms with Gasteiger partial charge in [0.15, 0.2) is 0 Å². The van der Waals surface area contributed by atoms with Gasteiger partial charge in [-0.25, -0.2) is 14.4 Å². The molecule has 2 unspecified atom stereocenters. The Morgan fingerprint density at radius 1 is 1.19 bits per heavy atom. The van der Waals surface area contributed by atoms with Crippen LogP contribution in [0.3, 0.4) is 0 Å². The molecule has 3 aliphatic rings. The van der Waals surface area contributed by atoms with Crippen LogP contribution >= 0.6 is 0 Å². The summed E-state index contributed by atoms with van der Waals surface area (Å²) < 4.78 is 21.3. The van der Waals surface area contributed by atoms with Gasteiger partial charge in [-0.2, -0.15) is 0 Å². The molecule has 6 heterocycles. The van der Waals surface area contributed by atoms with E-state index in [0.717, 1.165) is 48.8 Å². The molecule has 3 aromatic heterocycles. The molecule has 3 aliphatic heterocycles. The number of carbonyl (C=O) groups excluding carboxylic acids is 1. The molecule has 0 aliphatic carbocycles. The van der Waals surface area contributed by atoms with Crippen LogP contribution in [0.15, 0.2) is 48.8 Å². The van der Waals surface area contributed by atoms with Gasteiger partial charge in [-0.15, -0.1) is 0 Å². The first kappa shape index (κ1) is 21.5. The number of nitrogens with zero attached hydrogens (tertiary/aromatic N) is 4. The number of rotatable bonds is 3. The van der Waals surface area contributed by atoms with Crippen LogP contribution in [-0.4, -0.2) is 52.0 Å². The summed E-state index contributed by atoms with van der Waals surface area (Å²) in [5.41, 5.74) is 6.72. The number of amides is 1. The van der Waals surface area contributed by atoms with E-state index in [9.17, 15) is 9.18 Å². The summed E-state index contributed by atoms with van der Waals surface area (Å²) in [7, 11) is 2.12. The average Bonchev–Trinajstić information content (AvgIpc) is 3.57. The second-order valence-electron chi connectivity index (χ2n) is 9.87. The number of aromatic nitrogens is 3.